The molecule has 0 saturated carbocycles. The fourth-order valence-electron chi connectivity index (χ4n) is 1.93. The lowest BCUT2D eigenvalue weighted by Gasteiger charge is -2.28. The fourth-order valence-corrected chi connectivity index (χ4v) is 3.39. The second kappa shape index (κ2) is 7.92. The Hall–Kier alpha value is -1.15. The van der Waals surface area contributed by atoms with Gasteiger partial charge in [0.05, 0.1) is 19.0 Å². The van der Waals surface area contributed by atoms with Crippen LogP contribution in [-0.4, -0.2) is 65.2 Å². The molecule has 2 atom stereocenters. The van der Waals surface area contributed by atoms with Crippen molar-refractivity contribution < 1.29 is 23.9 Å². The quantitative estimate of drug-likeness (QED) is 0.604. The molecule has 22 heavy (non-hydrogen) atoms. The molecule has 1 aliphatic rings. The molecule has 1 rings (SSSR count). The topological polar surface area (TPSA) is 84.9 Å². The number of hydrogen-bond donors (Lipinski definition) is 1. The summed E-state index contributed by atoms with van der Waals surface area (Å²) in [6.45, 7) is 5.43. The van der Waals surface area contributed by atoms with E-state index in [4.69, 9.17) is 21.1 Å². The first kappa shape index (κ1) is 18.9. The van der Waals surface area contributed by atoms with E-state index >= 15 is 0 Å². The monoisotopic (exact) mass is 352 g/mol. The molecule has 0 aliphatic carbocycles. The molecule has 1 saturated heterocycles. The molecule has 0 aromatic carbocycles. The van der Waals surface area contributed by atoms with Gasteiger partial charge in [0.1, 0.15) is 17.5 Å². The van der Waals surface area contributed by atoms with Crippen LogP contribution < -0.4 is 5.32 Å². The highest BCUT2D eigenvalue weighted by Crippen LogP contribution is 2.29. The number of carbonyl (C=O) groups is 3. The van der Waals surface area contributed by atoms with Crippen LogP contribution in [-0.2, 0) is 19.1 Å². The van der Waals surface area contributed by atoms with Gasteiger partial charge in [-0.25, -0.2) is 9.59 Å². The molecular formula is C13H21ClN2O5S. The Bertz CT molecular complexity index is 441. The summed E-state index contributed by atoms with van der Waals surface area (Å²) < 4.78 is 9.83. The number of methoxy groups -OCH3 is 1. The molecule has 9 heteroatoms. The SMILES string of the molecule is COC(=O)[C@@H]1CS[C@H](CNC(=O)OC(C)(C)C)N1C(=O)CCl. The third kappa shape index (κ3) is 5.24. The van der Waals surface area contributed by atoms with Crippen molar-refractivity contribution in [3.63, 3.8) is 0 Å². The van der Waals surface area contributed by atoms with E-state index in [0.29, 0.717) is 5.75 Å². The molecule has 1 fully saturated rings. The van der Waals surface area contributed by atoms with Crippen LogP contribution in [0.4, 0.5) is 4.79 Å². The number of amides is 2. The van der Waals surface area contributed by atoms with Gasteiger partial charge in [0.2, 0.25) is 5.91 Å². The van der Waals surface area contributed by atoms with Gasteiger partial charge >= 0.3 is 12.1 Å². The maximum absolute atomic E-state index is 12.0. The average Bonchev–Trinajstić information content (AvgIpc) is 2.85. The molecule has 7 nitrogen and oxygen atoms in total. The normalized spacial score (nSPS) is 21.4. The lowest BCUT2D eigenvalue weighted by molar-refractivity contribution is -0.150. The zero-order valence-corrected chi connectivity index (χ0v) is 14.6. The van der Waals surface area contributed by atoms with Crippen LogP contribution in [0.2, 0.25) is 0 Å². The summed E-state index contributed by atoms with van der Waals surface area (Å²) in [7, 11) is 1.27. The average molecular weight is 353 g/mol. The van der Waals surface area contributed by atoms with E-state index in [-0.39, 0.29) is 23.7 Å². The molecule has 0 aromatic rings. The van der Waals surface area contributed by atoms with Gasteiger partial charge in [0.15, 0.2) is 0 Å². The number of rotatable bonds is 4. The molecule has 0 bridgehead atoms. The van der Waals surface area contributed by atoms with E-state index < -0.39 is 23.7 Å². The fraction of sp³-hybridized carbons (Fsp3) is 0.769. The van der Waals surface area contributed by atoms with Gasteiger partial charge in [0, 0.05) is 5.75 Å². The number of hydrogen-bond acceptors (Lipinski definition) is 6. The van der Waals surface area contributed by atoms with Gasteiger partial charge in [-0.05, 0) is 20.8 Å². The molecule has 0 radical (unpaired) electrons. The van der Waals surface area contributed by atoms with Crippen molar-refractivity contribution in [1.29, 1.82) is 0 Å². The van der Waals surface area contributed by atoms with E-state index in [1.165, 1.54) is 23.8 Å². The van der Waals surface area contributed by atoms with Crippen LogP contribution in [0.5, 0.6) is 0 Å². The van der Waals surface area contributed by atoms with E-state index in [1.54, 1.807) is 20.8 Å². The lowest BCUT2D eigenvalue weighted by atomic mass is 10.2. The summed E-state index contributed by atoms with van der Waals surface area (Å²) in [5, 5.41) is 2.21. The van der Waals surface area contributed by atoms with Gasteiger partial charge in [-0.2, -0.15) is 0 Å². The van der Waals surface area contributed by atoms with Crippen LogP contribution in [0.3, 0.4) is 0 Å². The highest BCUT2D eigenvalue weighted by Gasteiger charge is 2.42. The minimum atomic E-state index is -0.688. The minimum Gasteiger partial charge on any atom is -0.467 e. The molecule has 2 amide bonds. The van der Waals surface area contributed by atoms with Gasteiger partial charge in [-0.15, -0.1) is 23.4 Å². The second-order valence-corrected chi connectivity index (χ2v) is 7.12. The van der Waals surface area contributed by atoms with Crippen molar-refractivity contribution in [1.82, 2.24) is 10.2 Å². The van der Waals surface area contributed by atoms with Gasteiger partial charge in [-0.1, -0.05) is 0 Å². The van der Waals surface area contributed by atoms with Crippen LogP contribution in [0.15, 0.2) is 0 Å². The number of ether oxygens (including phenoxy) is 2. The van der Waals surface area contributed by atoms with E-state index in [0.717, 1.165) is 0 Å². The molecule has 1 aliphatic heterocycles. The summed E-state index contributed by atoms with van der Waals surface area (Å²) >= 11 is 6.98. The number of esters is 1. The summed E-state index contributed by atoms with van der Waals surface area (Å²) in [6, 6.07) is -0.688. The minimum absolute atomic E-state index is 0.162. The highest BCUT2D eigenvalue weighted by molar-refractivity contribution is 8.00. The van der Waals surface area contributed by atoms with Gasteiger partial charge < -0.3 is 19.7 Å². The maximum Gasteiger partial charge on any atom is 0.407 e. The number of alkyl carbamates (subject to hydrolysis) is 1. The summed E-state index contributed by atoms with van der Waals surface area (Å²) in [4.78, 5) is 36.7. The highest BCUT2D eigenvalue weighted by atomic mass is 35.5. The first-order chi connectivity index (χ1) is 10.2. The van der Waals surface area contributed by atoms with Crippen LogP contribution >= 0.6 is 23.4 Å². The van der Waals surface area contributed by atoms with E-state index in [9.17, 15) is 14.4 Å². The number of halogens is 1. The number of alkyl halides is 1. The molecule has 0 spiro atoms. The Kier molecular flexibility index (Phi) is 6.80. The number of thioether (sulfide) groups is 1. The molecule has 126 valence electrons. The number of carbonyl (C=O) groups excluding carboxylic acids is 3. The largest absolute Gasteiger partial charge is 0.467 e. The summed E-state index contributed by atoms with van der Waals surface area (Å²) in [5.74, 6) is -0.712. The van der Waals surface area contributed by atoms with E-state index in [1.807, 2.05) is 0 Å². The third-order valence-electron chi connectivity index (χ3n) is 2.79. The van der Waals surface area contributed by atoms with Crippen molar-refractivity contribution in [2.45, 2.75) is 37.8 Å². The van der Waals surface area contributed by atoms with E-state index in [2.05, 4.69) is 5.32 Å². The first-order valence-corrected chi connectivity index (χ1v) is 8.31. The Balaban J connectivity index is 2.67. The van der Waals surface area contributed by atoms with Crippen molar-refractivity contribution in [3.05, 3.63) is 0 Å². The van der Waals surface area contributed by atoms with Gasteiger partial charge in [0.25, 0.3) is 0 Å². The van der Waals surface area contributed by atoms with Crippen molar-refractivity contribution >= 4 is 41.3 Å². The zero-order chi connectivity index (χ0) is 16.9. The summed E-state index contributed by atoms with van der Waals surface area (Å²) in [5.41, 5.74) is -0.604. The molecule has 1 N–H and O–H groups in total. The van der Waals surface area contributed by atoms with Crippen LogP contribution in [0.1, 0.15) is 20.8 Å². The Labute approximate surface area is 139 Å². The predicted molar refractivity (Wildman–Crippen MR) is 83.9 cm³/mol. The second-order valence-electron chi connectivity index (χ2n) is 5.64. The summed E-state index contributed by atoms with van der Waals surface area (Å²) in [6.07, 6.45) is -0.576. The number of nitrogens with one attached hydrogen (secondary N) is 1. The predicted octanol–water partition coefficient (Wildman–Crippen LogP) is 1.19. The Morgan fingerprint density at radius 1 is 1.36 bits per heavy atom. The zero-order valence-electron chi connectivity index (χ0n) is 13.1. The Morgan fingerprint density at radius 2 is 2.00 bits per heavy atom. The maximum atomic E-state index is 12.0. The first-order valence-electron chi connectivity index (χ1n) is 6.73. The van der Waals surface area contributed by atoms with Crippen molar-refractivity contribution in [2.75, 3.05) is 25.3 Å². The smallest absolute Gasteiger partial charge is 0.407 e. The molecular weight excluding hydrogens is 332 g/mol. The van der Waals surface area contributed by atoms with Crippen LogP contribution in [0, 0.1) is 0 Å². The lowest BCUT2D eigenvalue weighted by Crippen LogP contribution is -2.50. The molecule has 1 heterocycles. The van der Waals surface area contributed by atoms with Crippen molar-refractivity contribution in [3.8, 4) is 0 Å². The Morgan fingerprint density at radius 3 is 2.50 bits per heavy atom. The molecule has 0 aromatic heterocycles. The van der Waals surface area contributed by atoms with Gasteiger partial charge in [-0.3, -0.25) is 4.79 Å². The van der Waals surface area contributed by atoms with Crippen molar-refractivity contribution in [2.24, 2.45) is 0 Å². The number of nitrogens with zero attached hydrogens (tertiary/aromatic N) is 1. The third-order valence-corrected chi connectivity index (χ3v) is 4.30. The molecule has 0 unspecified atom stereocenters. The standard InChI is InChI=1S/C13H21ClN2O5S/c1-13(2,3)21-12(19)15-6-10-16(9(17)5-14)8(7-22-10)11(18)20-4/h8,10H,5-7H2,1-4H3,(H,15,19)/t8-,10+/m0/s1. The van der Waals surface area contributed by atoms with Crippen LogP contribution in [0.25, 0.3) is 0 Å².